The Labute approximate surface area is 192 Å². The van der Waals surface area contributed by atoms with Crippen LogP contribution >= 0.6 is 11.3 Å². The summed E-state index contributed by atoms with van der Waals surface area (Å²) in [6.07, 6.45) is 0. The summed E-state index contributed by atoms with van der Waals surface area (Å²) in [6, 6.07) is 14.7. The van der Waals surface area contributed by atoms with Gasteiger partial charge in [-0.1, -0.05) is 12.1 Å². The fraction of sp³-hybridized carbons (Fsp3) is 0.208. The molecule has 2 aromatic carbocycles. The summed E-state index contributed by atoms with van der Waals surface area (Å²) >= 11 is 1.34. The van der Waals surface area contributed by atoms with Gasteiger partial charge in [-0.2, -0.15) is 0 Å². The minimum Gasteiger partial charge on any atom is -0.497 e. The molecule has 1 N–H and O–H groups in total. The van der Waals surface area contributed by atoms with Gasteiger partial charge in [-0.25, -0.2) is 9.36 Å². The Morgan fingerprint density at radius 1 is 0.939 bits per heavy atom. The van der Waals surface area contributed by atoms with Crippen molar-refractivity contribution in [3.63, 3.8) is 0 Å². The van der Waals surface area contributed by atoms with Crippen LogP contribution in [0.5, 0.6) is 11.5 Å². The van der Waals surface area contributed by atoms with Gasteiger partial charge in [-0.15, -0.1) is 11.3 Å². The maximum Gasteiger partial charge on any atom is 0.332 e. The van der Waals surface area contributed by atoms with Gasteiger partial charge in [0, 0.05) is 4.88 Å². The van der Waals surface area contributed by atoms with E-state index in [9.17, 15) is 19.5 Å². The lowest BCUT2D eigenvalue weighted by Gasteiger charge is -2.11. The summed E-state index contributed by atoms with van der Waals surface area (Å²) in [4.78, 5) is 39.2. The van der Waals surface area contributed by atoms with Crippen LogP contribution in [-0.2, 0) is 17.9 Å². The van der Waals surface area contributed by atoms with E-state index in [1.54, 1.807) is 26.4 Å². The third-order valence-electron chi connectivity index (χ3n) is 5.44. The molecule has 33 heavy (non-hydrogen) atoms. The molecule has 0 spiro atoms. The van der Waals surface area contributed by atoms with Crippen molar-refractivity contribution in [1.29, 1.82) is 0 Å². The van der Waals surface area contributed by atoms with Crippen LogP contribution in [0.2, 0.25) is 0 Å². The standard InChI is InChI=1S/C24H22N2O6S/c1-14-20-22(29)25(13-19(27)28)24(30)26(12-15-4-8-17(31-2)9-5-15)23(20)33-21(14)16-6-10-18(32-3)11-7-16/h4-11H,12-13H2,1-3H3,(H,27,28). The molecule has 4 aromatic rings. The van der Waals surface area contributed by atoms with Crippen molar-refractivity contribution >= 4 is 27.5 Å². The Morgan fingerprint density at radius 2 is 1.52 bits per heavy atom. The molecule has 0 atom stereocenters. The van der Waals surface area contributed by atoms with E-state index in [2.05, 4.69) is 0 Å². The van der Waals surface area contributed by atoms with Crippen molar-refractivity contribution in [1.82, 2.24) is 9.13 Å². The molecule has 0 aliphatic carbocycles. The number of rotatable bonds is 7. The van der Waals surface area contributed by atoms with Gasteiger partial charge in [0.15, 0.2) is 0 Å². The number of nitrogens with zero attached hydrogens (tertiary/aromatic N) is 2. The van der Waals surface area contributed by atoms with Gasteiger partial charge in [-0.05, 0) is 60.0 Å². The van der Waals surface area contributed by atoms with Crippen LogP contribution in [0.25, 0.3) is 20.7 Å². The zero-order chi connectivity index (χ0) is 23.7. The van der Waals surface area contributed by atoms with E-state index in [0.717, 1.165) is 20.6 Å². The lowest BCUT2D eigenvalue weighted by Crippen LogP contribution is -2.41. The van der Waals surface area contributed by atoms with Gasteiger partial charge in [-0.3, -0.25) is 14.2 Å². The second-order valence-electron chi connectivity index (χ2n) is 7.47. The molecule has 2 aromatic heterocycles. The number of benzene rings is 2. The van der Waals surface area contributed by atoms with Crippen LogP contribution in [0.1, 0.15) is 11.1 Å². The molecule has 0 aliphatic heterocycles. The highest BCUT2D eigenvalue weighted by Crippen LogP contribution is 2.37. The highest BCUT2D eigenvalue weighted by atomic mass is 32.1. The number of ether oxygens (including phenoxy) is 2. The number of aliphatic carboxylic acids is 1. The second-order valence-corrected chi connectivity index (χ2v) is 8.47. The number of carboxylic acids is 1. The molecule has 0 saturated heterocycles. The lowest BCUT2D eigenvalue weighted by molar-refractivity contribution is -0.137. The lowest BCUT2D eigenvalue weighted by atomic mass is 10.1. The van der Waals surface area contributed by atoms with Gasteiger partial charge < -0.3 is 14.6 Å². The van der Waals surface area contributed by atoms with Crippen molar-refractivity contribution in [3.05, 3.63) is 80.5 Å². The monoisotopic (exact) mass is 466 g/mol. The first-order valence-corrected chi connectivity index (χ1v) is 10.9. The second kappa shape index (κ2) is 8.95. The average Bonchev–Trinajstić information content (AvgIpc) is 3.17. The Hall–Kier alpha value is -3.85. The minimum absolute atomic E-state index is 0.182. The Balaban J connectivity index is 1.96. The molecule has 170 valence electrons. The molecular weight excluding hydrogens is 444 g/mol. The Bertz CT molecular complexity index is 1450. The van der Waals surface area contributed by atoms with Crippen molar-refractivity contribution in [2.45, 2.75) is 20.0 Å². The molecule has 0 fully saturated rings. The van der Waals surface area contributed by atoms with E-state index in [-0.39, 0.29) is 6.54 Å². The summed E-state index contributed by atoms with van der Waals surface area (Å²) in [7, 11) is 3.16. The molecule has 0 amide bonds. The highest BCUT2D eigenvalue weighted by Gasteiger charge is 2.22. The Morgan fingerprint density at radius 3 is 2.06 bits per heavy atom. The van der Waals surface area contributed by atoms with E-state index in [1.807, 2.05) is 43.3 Å². The molecule has 0 radical (unpaired) electrons. The summed E-state index contributed by atoms with van der Waals surface area (Å²) in [5.74, 6) is 0.131. The Kier molecular flexibility index (Phi) is 6.06. The third-order valence-corrected chi connectivity index (χ3v) is 6.80. The zero-order valence-corrected chi connectivity index (χ0v) is 19.1. The maximum absolute atomic E-state index is 13.2. The van der Waals surface area contributed by atoms with E-state index >= 15 is 0 Å². The third kappa shape index (κ3) is 4.14. The number of hydrogen-bond acceptors (Lipinski definition) is 6. The molecule has 9 heteroatoms. The van der Waals surface area contributed by atoms with Gasteiger partial charge in [0.25, 0.3) is 5.56 Å². The first-order valence-electron chi connectivity index (χ1n) is 10.1. The number of carboxylic acid groups (broad SMARTS) is 1. The average molecular weight is 467 g/mol. The molecule has 0 saturated carbocycles. The minimum atomic E-state index is -1.26. The van der Waals surface area contributed by atoms with Crippen LogP contribution in [-0.4, -0.2) is 34.4 Å². The highest BCUT2D eigenvalue weighted by molar-refractivity contribution is 7.22. The fourth-order valence-electron chi connectivity index (χ4n) is 3.74. The van der Waals surface area contributed by atoms with Gasteiger partial charge in [0.1, 0.15) is 22.9 Å². The quantitative estimate of drug-likeness (QED) is 0.448. The number of hydrogen-bond donors (Lipinski definition) is 1. The van der Waals surface area contributed by atoms with Crippen molar-refractivity contribution in [2.75, 3.05) is 14.2 Å². The number of aryl methyl sites for hydroxylation is 1. The van der Waals surface area contributed by atoms with E-state index in [4.69, 9.17) is 9.47 Å². The molecule has 8 nitrogen and oxygen atoms in total. The van der Waals surface area contributed by atoms with E-state index in [0.29, 0.717) is 27.3 Å². The van der Waals surface area contributed by atoms with Crippen LogP contribution in [0.4, 0.5) is 0 Å². The first-order chi connectivity index (χ1) is 15.8. The van der Waals surface area contributed by atoms with Crippen molar-refractivity contribution in [3.8, 4) is 21.9 Å². The van der Waals surface area contributed by atoms with Gasteiger partial charge in [0.2, 0.25) is 0 Å². The largest absolute Gasteiger partial charge is 0.497 e. The predicted octanol–water partition coefficient (Wildman–Crippen LogP) is 3.35. The summed E-state index contributed by atoms with van der Waals surface area (Å²) in [5.41, 5.74) is 1.14. The van der Waals surface area contributed by atoms with Crippen LogP contribution in [0, 0.1) is 6.92 Å². The number of thiophene rings is 1. The van der Waals surface area contributed by atoms with Gasteiger partial charge in [0.05, 0.1) is 26.2 Å². The molecule has 4 rings (SSSR count). The zero-order valence-electron chi connectivity index (χ0n) is 18.3. The molecule has 2 heterocycles. The van der Waals surface area contributed by atoms with E-state index in [1.165, 1.54) is 15.9 Å². The number of methoxy groups -OCH3 is 2. The van der Waals surface area contributed by atoms with E-state index < -0.39 is 23.8 Å². The van der Waals surface area contributed by atoms with Crippen molar-refractivity contribution < 1.29 is 19.4 Å². The summed E-state index contributed by atoms with van der Waals surface area (Å²) in [5, 5.41) is 9.64. The number of fused-ring (bicyclic) bond motifs is 1. The topological polar surface area (TPSA) is 99.8 Å². The molecule has 0 bridgehead atoms. The summed E-state index contributed by atoms with van der Waals surface area (Å²) < 4.78 is 12.7. The van der Waals surface area contributed by atoms with Crippen LogP contribution in [0.15, 0.2) is 58.1 Å². The number of carbonyl (C=O) groups is 1. The fourth-order valence-corrected chi connectivity index (χ4v) is 5.04. The molecule has 0 unspecified atom stereocenters. The summed E-state index contributed by atoms with van der Waals surface area (Å²) in [6.45, 7) is 1.29. The maximum atomic E-state index is 13.2. The first kappa shape index (κ1) is 22.3. The normalized spacial score (nSPS) is 11.0. The van der Waals surface area contributed by atoms with Crippen LogP contribution < -0.4 is 20.7 Å². The SMILES string of the molecule is COc1ccc(Cn2c(=O)n(CC(=O)O)c(=O)c3c(C)c(-c4ccc(OC)cc4)sc32)cc1. The van der Waals surface area contributed by atoms with Gasteiger partial charge >= 0.3 is 11.7 Å². The van der Waals surface area contributed by atoms with Crippen LogP contribution in [0.3, 0.4) is 0 Å². The van der Waals surface area contributed by atoms with Crippen molar-refractivity contribution in [2.24, 2.45) is 0 Å². The predicted molar refractivity (Wildman–Crippen MR) is 127 cm³/mol. The molecule has 0 aliphatic rings. The number of aromatic nitrogens is 2. The smallest absolute Gasteiger partial charge is 0.332 e. The molecular formula is C24H22N2O6S.